The molecule has 1 aromatic carbocycles. The highest BCUT2D eigenvalue weighted by Crippen LogP contribution is 2.24. The molecule has 0 radical (unpaired) electrons. The van der Waals surface area contributed by atoms with Gasteiger partial charge in [-0.1, -0.05) is 19.1 Å². The summed E-state index contributed by atoms with van der Waals surface area (Å²) in [6.45, 7) is 8.34. The Labute approximate surface area is 129 Å². The molecule has 0 saturated heterocycles. The average Bonchev–Trinajstić information content (AvgIpc) is 2.46. The minimum absolute atomic E-state index is 0.0679. The van der Waals surface area contributed by atoms with Gasteiger partial charge in [0.25, 0.3) is 0 Å². The largest absolute Gasteiger partial charge is 0.497 e. The maximum Gasteiger partial charge on any atom is 0.118 e. The minimum atomic E-state index is -0.500. The molecule has 21 heavy (non-hydrogen) atoms. The molecule has 4 nitrogen and oxygen atoms in total. The van der Waals surface area contributed by atoms with E-state index in [0.29, 0.717) is 6.04 Å². The Balaban J connectivity index is 2.79. The Bertz CT molecular complexity index is 406. The molecule has 0 aliphatic carbocycles. The van der Waals surface area contributed by atoms with Crippen molar-refractivity contribution in [3.05, 3.63) is 29.8 Å². The van der Waals surface area contributed by atoms with Crippen molar-refractivity contribution in [1.82, 2.24) is 9.80 Å². The fourth-order valence-corrected chi connectivity index (χ4v) is 2.90. The van der Waals surface area contributed by atoms with Crippen molar-refractivity contribution in [2.75, 3.05) is 34.3 Å². The summed E-state index contributed by atoms with van der Waals surface area (Å²) in [6.07, 6.45) is -0.500. The normalized spacial score (nSPS) is 16.0. The minimum Gasteiger partial charge on any atom is -0.497 e. The zero-order chi connectivity index (χ0) is 16.0. The Morgan fingerprint density at radius 3 is 2.14 bits per heavy atom. The molecule has 4 heteroatoms. The van der Waals surface area contributed by atoms with Crippen LogP contribution < -0.4 is 4.74 Å². The van der Waals surface area contributed by atoms with Gasteiger partial charge in [-0.05, 0) is 52.2 Å². The number of aliphatic hydroxyl groups excluding tert-OH is 1. The van der Waals surface area contributed by atoms with Crippen LogP contribution in [0.15, 0.2) is 24.3 Å². The summed E-state index contributed by atoms with van der Waals surface area (Å²) in [5, 5.41) is 10.6. The van der Waals surface area contributed by atoms with Crippen LogP contribution in [0.2, 0.25) is 0 Å². The number of hydrogen-bond acceptors (Lipinski definition) is 4. The number of aliphatic hydroxyl groups is 1. The molecule has 1 N–H and O–H groups in total. The van der Waals surface area contributed by atoms with Crippen LogP contribution in [0.1, 0.15) is 32.4 Å². The topological polar surface area (TPSA) is 35.9 Å². The van der Waals surface area contributed by atoms with Crippen LogP contribution in [0.4, 0.5) is 0 Å². The highest BCUT2D eigenvalue weighted by Gasteiger charge is 2.25. The second-order valence-corrected chi connectivity index (χ2v) is 5.90. The van der Waals surface area contributed by atoms with Crippen molar-refractivity contribution in [2.45, 2.75) is 39.0 Å². The summed E-state index contributed by atoms with van der Waals surface area (Å²) in [4.78, 5) is 4.52. The van der Waals surface area contributed by atoms with Crippen molar-refractivity contribution in [3.63, 3.8) is 0 Å². The smallest absolute Gasteiger partial charge is 0.118 e. The molecule has 0 saturated carbocycles. The first-order valence-electron chi connectivity index (χ1n) is 7.63. The van der Waals surface area contributed by atoms with E-state index in [9.17, 15) is 5.11 Å². The zero-order valence-corrected chi connectivity index (χ0v) is 14.2. The van der Waals surface area contributed by atoms with E-state index >= 15 is 0 Å². The molecular formula is C17H30N2O2. The van der Waals surface area contributed by atoms with Gasteiger partial charge in [-0.25, -0.2) is 0 Å². The van der Waals surface area contributed by atoms with Gasteiger partial charge in [0.1, 0.15) is 5.75 Å². The van der Waals surface area contributed by atoms with Crippen molar-refractivity contribution in [2.24, 2.45) is 0 Å². The quantitative estimate of drug-likeness (QED) is 0.798. The van der Waals surface area contributed by atoms with Gasteiger partial charge < -0.3 is 14.7 Å². The molecule has 0 bridgehead atoms. The fraction of sp³-hybridized carbons (Fsp3) is 0.647. The molecule has 1 rings (SSSR count). The molecule has 1 aromatic rings. The summed E-state index contributed by atoms with van der Waals surface area (Å²) in [5.41, 5.74) is 0.929. The number of nitrogens with zero attached hydrogens (tertiary/aromatic N) is 2. The summed E-state index contributed by atoms with van der Waals surface area (Å²) >= 11 is 0. The van der Waals surface area contributed by atoms with Crippen molar-refractivity contribution < 1.29 is 9.84 Å². The van der Waals surface area contributed by atoms with Gasteiger partial charge in [-0.3, -0.25) is 4.90 Å². The molecule has 3 unspecified atom stereocenters. The van der Waals surface area contributed by atoms with Crippen molar-refractivity contribution >= 4 is 0 Å². The van der Waals surface area contributed by atoms with Crippen LogP contribution in [0, 0.1) is 0 Å². The standard InChI is InChI=1S/C17H30N2O2/c1-7-19(13(2)12-18(4)5)14(3)17(20)15-8-10-16(21-6)11-9-15/h8-11,13-14,17,20H,7,12H2,1-6H3. The van der Waals surface area contributed by atoms with E-state index in [2.05, 4.69) is 44.7 Å². The van der Waals surface area contributed by atoms with Crippen molar-refractivity contribution in [3.8, 4) is 5.75 Å². The van der Waals surface area contributed by atoms with Gasteiger partial charge in [0.15, 0.2) is 0 Å². The van der Waals surface area contributed by atoms with Gasteiger partial charge >= 0.3 is 0 Å². The van der Waals surface area contributed by atoms with Gasteiger partial charge in [0, 0.05) is 18.6 Å². The van der Waals surface area contributed by atoms with Crippen LogP contribution in [0.3, 0.4) is 0 Å². The second-order valence-electron chi connectivity index (χ2n) is 5.90. The third-order valence-electron chi connectivity index (χ3n) is 4.00. The zero-order valence-electron chi connectivity index (χ0n) is 14.2. The summed E-state index contributed by atoms with van der Waals surface area (Å²) in [5.74, 6) is 0.812. The Morgan fingerprint density at radius 2 is 1.71 bits per heavy atom. The molecule has 0 aliphatic rings. The van der Waals surface area contributed by atoms with Gasteiger partial charge in [-0.2, -0.15) is 0 Å². The maximum atomic E-state index is 10.6. The molecule has 0 fully saturated rings. The third-order valence-corrected chi connectivity index (χ3v) is 4.00. The molecule has 0 aliphatic heterocycles. The van der Waals surface area contributed by atoms with Crippen LogP contribution in [0.5, 0.6) is 5.75 Å². The highest BCUT2D eigenvalue weighted by molar-refractivity contribution is 5.29. The van der Waals surface area contributed by atoms with E-state index in [-0.39, 0.29) is 6.04 Å². The van der Waals surface area contributed by atoms with E-state index in [1.54, 1.807) is 7.11 Å². The monoisotopic (exact) mass is 294 g/mol. The van der Waals surface area contributed by atoms with Gasteiger partial charge in [0.05, 0.1) is 13.2 Å². The number of hydrogen-bond donors (Lipinski definition) is 1. The van der Waals surface area contributed by atoms with E-state index in [1.165, 1.54) is 0 Å². The molecule has 0 amide bonds. The molecule has 3 atom stereocenters. The summed E-state index contributed by atoms with van der Waals surface area (Å²) in [6, 6.07) is 8.12. The molecule has 0 spiro atoms. The van der Waals surface area contributed by atoms with E-state index in [1.807, 2.05) is 24.3 Å². The van der Waals surface area contributed by atoms with Crippen LogP contribution in [-0.2, 0) is 0 Å². The maximum absolute atomic E-state index is 10.6. The number of ether oxygens (including phenoxy) is 1. The van der Waals surface area contributed by atoms with E-state index in [0.717, 1.165) is 24.4 Å². The average molecular weight is 294 g/mol. The first-order valence-corrected chi connectivity index (χ1v) is 7.63. The van der Waals surface area contributed by atoms with Gasteiger partial charge in [0.2, 0.25) is 0 Å². The van der Waals surface area contributed by atoms with E-state index < -0.39 is 6.10 Å². The lowest BCUT2D eigenvalue weighted by molar-refractivity contribution is 0.0329. The summed E-state index contributed by atoms with van der Waals surface area (Å²) in [7, 11) is 5.81. The first kappa shape index (κ1) is 18.0. The number of likely N-dealkylation sites (N-methyl/N-ethyl adjacent to an activating group) is 2. The Morgan fingerprint density at radius 1 is 1.14 bits per heavy atom. The number of methoxy groups -OCH3 is 1. The van der Waals surface area contributed by atoms with Crippen LogP contribution in [0.25, 0.3) is 0 Å². The van der Waals surface area contributed by atoms with Gasteiger partial charge in [-0.15, -0.1) is 0 Å². The SMILES string of the molecule is CCN(C(C)CN(C)C)C(C)C(O)c1ccc(OC)cc1. The fourth-order valence-electron chi connectivity index (χ4n) is 2.90. The lowest BCUT2D eigenvalue weighted by Gasteiger charge is -2.37. The number of benzene rings is 1. The number of rotatable bonds is 8. The second kappa shape index (κ2) is 8.37. The van der Waals surface area contributed by atoms with Crippen LogP contribution >= 0.6 is 0 Å². The van der Waals surface area contributed by atoms with E-state index in [4.69, 9.17) is 4.74 Å². The first-order chi connectivity index (χ1) is 9.90. The van der Waals surface area contributed by atoms with Crippen LogP contribution in [-0.4, -0.2) is 61.3 Å². The summed E-state index contributed by atoms with van der Waals surface area (Å²) < 4.78 is 5.16. The predicted octanol–water partition coefficient (Wildman–Crippen LogP) is 2.39. The lowest BCUT2D eigenvalue weighted by atomic mass is 10.0. The van der Waals surface area contributed by atoms with Crippen molar-refractivity contribution in [1.29, 1.82) is 0 Å². The molecular weight excluding hydrogens is 264 g/mol. The lowest BCUT2D eigenvalue weighted by Crippen LogP contribution is -2.47. The molecule has 0 aromatic heterocycles. The third kappa shape index (κ3) is 4.99. The Kier molecular flexibility index (Phi) is 7.15. The molecule has 0 heterocycles. The molecule has 120 valence electrons. The Hall–Kier alpha value is -1.10. The predicted molar refractivity (Wildman–Crippen MR) is 87.8 cm³/mol. The highest BCUT2D eigenvalue weighted by atomic mass is 16.5.